The lowest BCUT2D eigenvalue weighted by Gasteiger charge is -2.22. The lowest BCUT2D eigenvalue weighted by molar-refractivity contribution is 0.403. The van der Waals surface area contributed by atoms with Gasteiger partial charge in [0.25, 0.3) is 0 Å². The van der Waals surface area contributed by atoms with Gasteiger partial charge in [-0.15, -0.1) is 0 Å². The summed E-state index contributed by atoms with van der Waals surface area (Å²) in [4.78, 5) is 3.62. The fraction of sp³-hybridized carbons (Fsp3) is 0.714. The summed E-state index contributed by atoms with van der Waals surface area (Å²) in [6.45, 7) is 2.30. The number of H-pyrrole nitrogens is 1. The molecule has 1 heterocycles. The molecular formula is C28H44ClN. The molecule has 1 aliphatic carbocycles. The van der Waals surface area contributed by atoms with E-state index >= 15 is 0 Å². The van der Waals surface area contributed by atoms with Gasteiger partial charge in [-0.2, -0.15) is 0 Å². The van der Waals surface area contributed by atoms with Crippen molar-refractivity contribution in [1.82, 2.24) is 4.98 Å². The van der Waals surface area contributed by atoms with Crippen LogP contribution in [-0.2, 0) is 12.8 Å². The van der Waals surface area contributed by atoms with E-state index in [1.807, 2.05) is 6.07 Å². The number of aromatic nitrogens is 1. The van der Waals surface area contributed by atoms with Crippen LogP contribution in [0.3, 0.4) is 0 Å². The fourth-order valence-corrected chi connectivity index (χ4v) is 5.51. The SMILES string of the molecule is CCCCCCCCCCCCCCCCC1CCc2[nH]c3ccc(Cl)cc3c2C1. The average molecular weight is 430 g/mol. The van der Waals surface area contributed by atoms with Crippen molar-refractivity contribution in [3.05, 3.63) is 34.5 Å². The maximum absolute atomic E-state index is 6.24. The number of rotatable bonds is 15. The minimum absolute atomic E-state index is 0.860. The largest absolute Gasteiger partial charge is 0.358 e. The van der Waals surface area contributed by atoms with Crippen molar-refractivity contribution in [3.8, 4) is 0 Å². The van der Waals surface area contributed by atoms with Gasteiger partial charge in [0.1, 0.15) is 0 Å². The molecule has 1 nitrogen and oxygen atoms in total. The van der Waals surface area contributed by atoms with Gasteiger partial charge in [0.15, 0.2) is 0 Å². The Morgan fingerprint density at radius 1 is 0.833 bits per heavy atom. The molecule has 0 saturated heterocycles. The molecule has 168 valence electrons. The second-order valence-corrected chi connectivity index (χ2v) is 10.2. The monoisotopic (exact) mass is 429 g/mol. The molecule has 0 radical (unpaired) electrons. The molecule has 2 heteroatoms. The number of hydrogen-bond acceptors (Lipinski definition) is 0. The summed E-state index contributed by atoms with van der Waals surface area (Å²) in [5.41, 5.74) is 4.28. The Morgan fingerprint density at radius 3 is 2.07 bits per heavy atom. The molecule has 1 aliphatic rings. The highest BCUT2D eigenvalue weighted by atomic mass is 35.5. The van der Waals surface area contributed by atoms with Crippen molar-refractivity contribution < 1.29 is 0 Å². The lowest BCUT2D eigenvalue weighted by Crippen LogP contribution is -2.13. The smallest absolute Gasteiger partial charge is 0.0460 e. The van der Waals surface area contributed by atoms with Crippen LogP contribution >= 0.6 is 11.6 Å². The molecule has 3 rings (SSSR count). The van der Waals surface area contributed by atoms with Crippen LogP contribution in [-0.4, -0.2) is 4.98 Å². The molecule has 1 aromatic carbocycles. The van der Waals surface area contributed by atoms with Crippen LogP contribution in [0, 0.1) is 5.92 Å². The van der Waals surface area contributed by atoms with Crippen LogP contribution in [0.1, 0.15) is 121 Å². The van der Waals surface area contributed by atoms with E-state index in [4.69, 9.17) is 11.6 Å². The number of halogens is 1. The van der Waals surface area contributed by atoms with Gasteiger partial charge < -0.3 is 4.98 Å². The number of hydrogen-bond donors (Lipinski definition) is 1. The Bertz CT molecular complexity index is 732. The molecular weight excluding hydrogens is 386 g/mol. The Morgan fingerprint density at radius 2 is 1.43 bits per heavy atom. The van der Waals surface area contributed by atoms with Gasteiger partial charge in [-0.05, 0) is 48.9 Å². The second kappa shape index (κ2) is 13.5. The molecule has 0 aliphatic heterocycles. The molecule has 2 aromatic rings. The topological polar surface area (TPSA) is 15.8 Å². The van der Waals surface area contributed by atoms with E-state index in [1.54, 1.807) is 5.56 Å². The Hall–Kier alpha value is -0.950. The number of aryl methyl sites for hydroxylation is 1. The van der Waals surface area contributed by atoms with E-state index < -0.39 is 0 Å². The third-order valence-corrected chi connectivity index (χ3v) is 7.45. The van der Waals surface area contributed by atoms with E-state index in [-0.39, 0.29) is 0 Å². The van der Waals surface area contributed by atoms with Crippen LogP contribution < -0.4 is 0 Å². The minimum atomic E-state index is 0.860. The zero-order valence-corrected chi connectivity index (χ0v) is 20.2. The van der Waals surface area contributed by atoms with Crippen LogP contribution in [0.15, 0.2) is 18.2 Å². The summed E-state index contributed by atoms with van der Waals surface area (Å²) in [6, 6.07) is 6.29. The van der Waals surface area contributed by atoms with E-state index in [1.165, 1.54) is 132 Å². The molecule has 1 N–H and O–H groups in total. The molecule has 30 heavy (non-hydrogen) atoms. The minimum Gasteiger partial charge on any atom is -0.358 e. The number of benzene rings is 1. The predicted octanol–water partition coefficient (Wildman–Crippen LogP) is 9.80. The zero-order valence-electron chi connectivity index (χ0n) is 19.4. The van der Waals surface area contributed by atoms with Crippen LogP contribution in [0.4, 0.5) is 0 Å². The molecule has 0 fully saturated rings. The van der Waals surface area contributed by atoms with E-state index in [2.05, 4.69) is 24.0 Å². The van der Waals surface area contributed by atoms with Gasteiger partial charge >= 0.3 is 0 Å². The van der Waals surface area contributed by atoms with E-state index in [9.17, 15) is 0 Å². The summed E-state index contributed by atoms with van der Waals surface area (Å²) >= 11 is 6.24. The number of unbranched alkanes of at least 4 members (excludes halogenated alkanes) is 13. The third-order valence-electron chi connectivity index (χ3n) is 7.22. The van der Waals surface area contributed by atoms with Crippen LogP contribution in [0.25, 0.3) is 10.9 Å². The first-order chi connectivity index (χ1) is 14.8. The molecule has 0 spiro atoms. The van der Waals surface area contributed by atoms with Gasteiger partial charge in [0.05, 0.1) is 0 Å². The van der Waals surface area contributed by atoms with Crippen molar-refractivity contribution in [1.29, 1.82) is 0 Å². The van der Waals surface area contributed by atoms with Gasteiger partial charge in [-0.3, -0.25) is 0 Å². The van der Waals surface area contributed by atoms with Crippen LogP contribution in [0.2, 0.25) is 5.02 Å². The first-order valence-electron chi connectivity index (χ1n) is 13.1. The normalized spacial score (nSPS) is 16.3. The average Bonchev–Trinajstić information content (AvgIpc) is 3.11. The number of nitrogens with one attached hydrogen (secondary N) is 1. The quantitative estimate of drug-likeness (QED) is 0.271. The summed E-state index contributed by atoms with van der Waals surface area (Å²) in [6.07, 6.45) is 25.5. The number of aromatic amines is 1. The predicted molar refractivity (Wildman–Crippen MR) is 134 cm³/mol. The summed E-state index contributed by atoms with van der Waals surface area (Å²) in [5.74, 6) is 0.868. The van der Waals surface area contributed by atoms with Crippen molar-refractivity contribution >= 4 is 22.5 Å². The molecule has 1 atom stereocenters. The van der Waals surface area contributed by atoms with Gasteiger partial charge in [0.2, 0.25) is 0 Å². The zero-order chi connectivity index (χ0) is 21.0. The summed E-state index contributed by atoms with van der Waals surface area (Å²) < 4.78 is 0. The van der Waals surface area contributed by atoms with Crippen molar-refractivity contribution in [3.63, 3.8) is 0 Å². The summed E-state index contributed by atoms with van der Waals surface area (Å²) in [5, 5.41) is 2.22. The van der Waals surface area contributed by atoms with Crippen molar-refractivity contribution in [2.24, 2.45) is 5.92 Å². The van der Waals surface area contributed by atoms with E-state index in [0.29, 0.717) is 0 Å². The maximum Gasteiger partial charge on any atom is 0.0460 e. The summed E-state index contributed by atoms with van der Waals surface area (Å²) in [7, 11) is 0. The highest BCUT2D eigenvalue weighted by molar-refractivity contribution is 6.31. The van der Waals surface area contributed by atoms with Crippen LogP contribution in [0.5, 0.6) is 0 Å². The van der Waals surface area contributed by atoms with Gasteiger partial charge in [-0.25, -0.2) is 0 Å². The second-order valence-electron chi connectivity index (χ2n) is 9.77. The fourth-order valence-electron chi connectivity index (χ4n) is 5.34. The van der Waals surface area contributed by atoms with Gasteiger partial charge in [-0.1, -0.05) is 115 Å². The molecule has 1 unspecified atom stereocenters. The molecule has 0 amide bonds. The first kappa shape index (κ1) is 23.7. The number of fused-ring (bicyclic) bond motifs is 3. The van der Waals surface area contributed by atoms with Crippen molar-refractivity contribution in [2.75, 3.05) is 0 Å². The molecule has 0 saturated carbocycles. The highest BCUT2D eigenvalue weighted by Gasteiger charge is 2.22. The molecule has 1 aromatic heterocycles. The maximum atomic E-state index is 6.24. The first-order valence-corrected chi connectivity index (χ1v) is 13.4. The molecule has 0 bridgehead atoms. The Kier molecular flexibility index (Phi) is 10.6. The standard InChI is InChI=1S/C28H44ClN/c1-2-3-4-5-6-7-8-9-10-11-12-13-14-15-16-23-17-19-27-25(21-23)26-22-24(29)18-20-28(26)30-27/h18,20,22-23,30H,2-17,19,21H2,1H3. The third kappa shape index (κ3) is 7.63. The van der Waals surface area contributed by atoms with Crippen molar-refractivity contribution in [2.45, 2.75) is 122 Å². The highest BCUT2D eigenvalue weighted by Crippen LogP contribution is 2.35. The van der Waals surface area contributed by atoms with E-state index in [0.717, 1.165) is 10.9 Å². The Labute approximate surface area is 190 Å². The Balaban J connectivity index is 1.20. The lowest BCUT2D eigenvalue weighted by atomic mass is 9.83. The van der Waals surface area contributed by atoms with Gasteiger partial charge in [0, 0.05) is 21.6 Å².